The van der Waals surface area contributed by atoms with E-state index >= 15 is 0 Å². The lowest BCUT2D eigenvalue weighted by Crippen LogP contribution is -1.92. The van der Waals surface area contributed by atoms with E-state index in [-0.39, 0.29) is 0 Å². The molecule has 4 aromatic heterocycles. The zero-order valence-electron chi connectivity index (χ0n) is 28.1. The summed E-state index contributed by atoms with van der Waals surface area (Å²) >= 11 is 0. The minimum Gasteiger partial charge on any atom is -0.265 e. The van der Waals surface area contributed by atoms with Gasteiger partial charge in [-0.05, 0) is 161 Å². The molecule has 242 valence electrons. The van der Waals surface area contributed by atoms with Crippen molar-refractivity contribution >= 4 is 32.3 Å². The predicted octanol–water partition coefficient (Wildman–Crippen LogP) is 12.2. The Hall–Kier alpha value is -7.04. The molecule has 0 bridgehead atoms. The summed E-state index contributed by atoms with van der Waals surface area (Å²) in [6.45, 7) is 0. The van der Waals surface area contributed by atoms with Gasteiger partial charge in [0.05, 0.1) is 0 Å². The first-order chi connectivity index (χ1) is 25.8. The van der Waals surface area contributed by atoms with E-state index in [2.05, 4.69) is 141 Å². The molecule has 4 heteroatoms. The average Bonchev–Trinajstić information content (AvgIpc) is 3.23. The molecule has 4 nitrogen and oxygen atoms in total. The van der Waals surface area contributed by atoms with Crippen molar-refractivity contribution in [3.05, 3.63) is 183 Å². The van der Waals surface area contributed by atoms with Crippen LogP contribution in [0.5, 0.6) is 0 Å². The monoisotopic (exact) mass is 662 g/mol. The summed E-state index contributed by atoms with van der Waals surface area (Å²) in [5, 5.41) is 7.54. The molecule has 10 aromatic rings. The van der Waals surface area contributed by atoms with Crippen molar-refractivity contribution in [3.63, 3.8) is 0 Å². The second-order valence-electron chi connectivity index (χ2n) is 13.2. The molecule has 0 saturated heterocycles. The van der Waals surface area contributed by atoms with Gasteiger partial charge >= 0.3 is 0 Å². The SMILES string of the molecule is c1cncc(-c2cc(-c3cccnc3)cc(-c3cc(-c4ccncc4)cc(-c4ccc5ccc6c(-c7ccncc7)ccc7ccc4c5c76)c3)c2)c1. The summed E-state index contributed by atoms with van der Waals surface area (Å²) in [5.74, 6) is 0. The largest absolute Gasteiger partial charge is 0.265 e. The molecule has 6 aromatic carbocycles. The van der Waals surface area contributed by atoms with Crippen molar-refractivity contribution in [1.29, 1.82) is 0 Å². The van der Waals surface area contributed by atoms with Crippen LogP contribution < -0.4 is 0 Å². The first-order valence-corrected chi connectivity index (χ1v) is 17.4. The van der Waals surface area contributed by atoms with Crippen LogP contribution in [-0.4, -0.2) is 19.9 Å². The van der Waals surface area contributed by atoms with E-state index in [0.29, 0.717) is 0 Å². The third kappa shape index (κ3) is 5.17. The molecule has 10 rings (SSSR count). The van der Waals surface area contributed by atoms with Crippen LogP contribution in [0.4, 0.5) is 0 Å². The molecule has 0 unspecified atom stereocenters. The Balaban J connectivity index is 1.22. The molecule has 0 aliphatic carbocycles. The van der Waals surface area contributed by atoms with Gasteiger partial charge in [-0.1, -0.05) is 60.7 Å². The molecule has 0 saturated carbocycles. The van der Waals surface area contributed by atoms with Crippen LogP contribution in [0, 0.1) is 0 Å². The van der Waals surface area contributed by atoms with Gasteiger partial charge in [0.25, 0.3) is 0 Å². The van der Waals surface area contributed by atoms with Gasteiger partial charge in [0, 0.05) is 60.7 Å². The van der Waals surface area contributed by atoms with Crippen molar-refractivity contribution in [1.82, 2.24) is 19.9 Å². The molecule has 52 heavy (non-hydrogen) atoms. The summed E-state index contributed by atoms with van der Waals surface area (Å²) in [5.41, 5.74) is 13.6. The number of hydrogen-bond donors (Lipinski definition) is 0. The third-order valence-corrected chi connectivity index (χ3v) is 10.2. The van der Waals surface area contributed by atoms with E-state index in [1.807, 2.05) is 61.7 Å². The lowest BCUT2D eigenvalue weighted by molar-refractivity contribution is 1.32. The minimum absolute atomic E-state index is 1.07. The normalized spacial score (nSPS) is 11.5. The first kappa shape index (κ1) is 29.8. The van der Waals surface area contributed by atoms with Gasteiger partial charge in [0.15, 0.2) is 0 Å². The number of benzene rings is 6. The van der Waals surface area contributed by atoms with Crippen molar-refractivity contribution in [3.8, 4) is 66.8 Å². The summed E-state index contributed by atoms with van der Waals surface area (Å²) in [6.07, 6.45) is 14.9. The van der Waals surface area contributed by atoms with Gasteiger partial charge in [-0.2, -0.15) is 0 Å². The zero-order chi connectivity index (χ0) is 34.4. The number of pyridine rings is 4. The lowest BCUT2D eigenvalue weighted by atomic mass is 9.86. The van der Waals surface area contributed by atoms with Crippen LogP contribution in [0.1, 0.15) is 0 Å². The molecule has 0 aliphatic rings. The zero-order valence-corrected chi connectivity index (χ0v) is 28.1. The standard InChI is InChI=1S/C48H30N4/c1-3-35(29-51-17-1)38-24-39(36-4-2-18-52-30-36)26-40(25-38)41-23-37(31-13-19-49-20-14-31)27-42(28-41)44-10-6-34-7-11-45-43(32-15-21-50-22-16-32)9-5-33-8-12-46(44)48(34)47(33)45/h1-30H. The summed E-state index contributed by atoms with van der Waals surface area (Å²) < 4.78 is 0. The molecule has 0 radical (unpaired) electrons. The fourth-order valence-corrected chi connectivity index (χ4v) is 7.69. The van der Waals surface area contributed by atoms with E-state index in [4.69, 9.17) is 0 Å². The van der Waals surface area contributed by atoms with E-state index < -0.39 is 0 Å². The van der Waals surface area contributed by atoms with Gasteiger partial charge in [-0.3, -0.25) is 19.9 Å². The average molecular weight is 663 g/mol. The van der Waals surface area contributed by atoms with E-state index in [1.165, 1.54) is 49.0 Å². The highest BCUT2D eigenvalue weighted by atomic mass is 14.6. The Morgan fingerprint density at radius 3 is 1.15 bits per heavy atom. The van der Waals surface area contributed by atoms with Gasteiger partial charge in [-0.15, -0.1) is 0 Å². The van der Waals surface area contributed by atoms with E-state index in [9.17, 15) is 0 Å². The third-order valence-electron chi connectivity index (χ3n) is 10.2. The number of hydrogen-bond acceptors (Lipinski definition) is 4. The van der Waals surface area contributed by atoms with Crippen molar-refractivity contribution in [2.75, 3.05) is 0 Å². The van der Waals surface area contributed by atoms with Crippen molar-refractivity contribution in [2.45, 2.75) is 0 Å². The smallest absolute Gasteiger partial charge is 0.0346 e. The number of nitrogens with zero attached hydrogens (tertiary/aromatic N) is 4. The lowest BCUT2D eigenvalue weighted by Gasteiger charge is -2.18. The summed E-state index contributed by atoms with van der Waals surface area (Å²) in [6, 6.07) is 48.5. The molecule has 4 heterocycles. The van der Waals surface area contributed by atoms with Crippen LogP contribution in [0.3, 0.4) is 0 Å². The molecule has 0 aliphatic heterocycles. The van der Waals surface area contributed by atoms with Crippen LogP contribution in [0.25, 0.3) is 99.1 Å². The fraction of sp³-hybridized carbons (Fsp3) is 0. The van der Waals surface area contributed by atoms with Crippen LogP contribution in [0.2, 0.25) is 0 Å². The predicted molar refractivity (Wildman–Crippen MR) is 214 cm³/mol. The fourth-order valence-electron chi connectivity index (χ4n) is 7.69. The molecule has 0 N–H and O–H groups in total. The van der Waals surface area contributed by atoms with Crippen LogP contribution >= 0.6 is 0 Å². The molecule has 0 amide bonds. The van der Waals surface area contributed by atoms with Gasteiger partial charge in [0.1, 0.15) is 0 Å². The quantitative estimate of drug-likeness (QED) is 0.166. The summed E-state index contributed by atoms with van der Waals surface area (Å²) in [7, 11) is 0. The van der Waals surface area contributed by atoms with Gasteiger partial charge in [-0.25, -0.2) is 0 Å². The maximum atomic E-state index is 4.44. The molecular formula is C48H30N4. The highest BCUT2D eigenvalue weighted by Crippen LogP contribution is 2.44. The highest BCUT2D eigenvalue weighted by Gasteiger charge is 2.17. The number of aromatic nitrogens is 4. The Kier molecular flexibility index (Phi) is 7.10. The second kappa shape index (κ2) is 12.4. The molecule has 0 atom stereocenters. The Labute approximate surface area is 301 Å². The van der Waals surface area contributed by atoms with Crippen LogP contribution in [-0.2, 0) is 0 Å². The Bertz CT molecular complexity index is 2810. The first-order valence-electron chi connectivity index (χ1n) is 17.4. The van der Waals surface area contributed by atoms with Crippen molar-refractivity contribution < 1.29 is 0 Å². The minimum atomic E-state index is 1.07. The van der Waals surface area contributed by atoms with Crippen LogP contribution in [0.15, 0.2) is 183 Å². The van der Waals surface area contributed by atoms with Crippen molar-refractivity contribution in [2.24, 2.45) is 0 Å². The Morgan fingerprint density at radius 2 is 0.673 bits per heavy atom. The maximum absolute atomic E-state index is 4.44. The maximum Gasteiger partial charge on any atom is 0.0346 e. The van der Waals surface area contributed by atoms with Gasteiger partial charge in [0.2, 0.25) is 0 Å². The summed E-state index contributed by atoms with van der Waals surface area (Å²) in [4.78, 5) is 17.5. The second-order valence-corrected chi connectivity index (χ2v) is 13.2. The molecule has 0 spiro atoms. The molecule has 0 fully saturated rings. The highest BCUT2D eigenvalue weighted by molar-refractivity contribution is 6.27. The topological polar surface area (TPSA) is 51.6 Å². The number of rotatable bonds is 6. The van der Waals surface area contributed by atoms with E-state index in [0.717, 1.165) is 50.1 Å². The Morgan fingerprint density at radius 1 is 0.269 bits per heavy atom. The molecular weight excluding hydrogens is 633 g/mol. The van der Waals surface area contributed by atoms with Gasteiger partial charge < -0.3 is 0 Å². The van der Waals surface area contributed by atoms with E-state index in [1.54, 1.807) is 0 Å².